The van der Waals surface area contributed by atoms with Crippen molar-refractivity contribution in [2.45, 2.75) is 52.9 Å². The smallest absolute Gasteiger partial charge is 0.0590 e. The molecule has 2 nitrogen and oxygen atoms in total. The van der Waals surface area contributed by atoms with E-state index in [9.17, 15) is 0 Å². The lowest BCUT2D eigenvalue weighted by Crippen LogP contribution is -1.97. The topological polar surface area (TPSA) is 25.8 Å². The third kappa shape index (κ3) is 3.44. The molecule has 14 heavy (non-hydrogen) atoms. The van der Waals surface area contributed by atoms with E-state index in [1.54, 1.807) is 0 Å². The third-order valence-electron chi connectivity index (χ3n) is 2.53. The van der Waals surface area contributed by atoms with Crippen LogP contribution < -0.4 is 0 Å². The van der Waals surface area contributed by atoms with Gasteiger partial charge in [-0.15, -0.1) is 0 Å². The largest absolute Gasteiger partial charge is 0.258 e. The Morgan fingerprint density at radius 2 is 1.86 bits per heavy atom. The maximum atomic E-state index is 4.51. The fourth-order valence-electron chi connectivity index (χ4n) is 1.44. The second kappa shape index (κ2) is 5.74. The van der Waals surface area contributed by atoms with E-state index in [1.807, 2.05) is 20.0 Å². The first-order chi connectivity index (χ1) is 6.74. The fourth-order valence-corrected chi connectivity index (χ4v) is 1.44. The van der Waals surface area contributed by atoms with E-state index >= 15 is 0 Å². The molecule has 0 spiro atoms. The Balaban J connectivity index is 2.39. The van der Waals surface area contributed by atoms with Crippen LogP contribution in [0.4, 0.5) is 0 Å². The monoisotopic (exact) mass is 192 g/mol. The first-order valence-corrected chi connectivity index (χ1v) is 5.53. The van der Waals surface area contributed by atoms with Gasteiger partial charge in [-0.1, -0.05) is 26.2 Å². The predicted octanol–water partition coefficient (Wildman–Crippen LogP) is 3.22. The summed E-state index contributed by atoms with van der Waals surface area (Å²) in [5.74, 6) is 0. The molecule has 2 heteroatoms. The number of hydrogen-bond donors (Lipinski definition) is 0. The summed E-state index contributed by atoms with van der Waals surface area (Å²) in [5, 5.41) is 0. The summed E-state index contributed by atoms with van der Waals surface area (Å²) in [7, 11) is 0. The van der Waals surface area contributed by atoms with E-state index in [0.29, 0.717) is 0 Å². The third-order valence-corrected chi connectivity index (χ3v) is 2.53. The molecule has 1 rings (SSSR count). The summed E-state index contributed by atoms with van der Waals surface area (Å²) in [5.41, 5.74) is 3.25. The van der Waals surface area contributed by atoms with Gasteiger partial charge in [0.15, 0.2) is 0 Å². The zero-order chi connectivity index (χ0) is 10.4. The molecule has 0 saturated heterocycles. The van der Waals surface area contributed by atoms with Gasteiger partial charge in [0.05, 0.1) is 17.1 Å². The van der Waals surface area contributed by atoms with Crippen molar-refractivity contribution in [2.75, 3.05) is 0 Å². The Kier molecular flexibility index (Phi) is 4.57. The quantitative estimate of drug-likeness (QED) is 0.669. The van der Waals surface area contributed by atoms with E-state index in [4.69, 9.17) is 0 Å². The zero-order valence-corrected chi connectivity index (χ0v) is 9.51. The number of nitrogens with zero attached hydrogens (tertiary/aromatic N) is 2. The molecule has 0 fully saturated rings. The summed E-state index contributed by atoms with van der Waals surface area (Å²) >= 11 is 0. The van der Waals surface area contributed by atoms with Crippen molar-refractivity contribution in [3.05, 3.63) is 23.3 Å². The van der Waals surface area contributed by atoms with Crippen LogP contribution in [0.25, 0.3) is 0 Å². The van der Waals surface area contributed by atoms with Gasteiger partial charge >= 0.3 is 0 Å². The van der Waals surface area contributed by atoms with Crippen LogP contribution in [0.1, 0.15) is 49.7 Å². The molecule has 0 saturated carbocycles. The summed E-state index contributed by atoms with van der Waals surface area (Å²) in [4.78, 5) is 8.82. The highest BCUT2D eigenvalue weighted by atomic mass is 14.8. The van der Waals surface area contributed by atoms with E-state index in [2.05, 4.69) is 16.9 Å². The molecule has 1 aromatic rings. The van der Waals surface area contributed by atoms with Crippen LogP contribution in [0, 0.1) is 13.8 Å². The molecule has 0 aliphatic rings. The van der Waals surface area contributed by atoms with Crippen LogP contribution in [-0.4, -0.2) is 9.97 Å². The van der Waals surface area contributed by atoms with Crippen molar-refractivity contribution < 1.29 is 0 Å². The van der Waals surface area contributed by atoms with E-state index in [1.165, 1.54) is 25.7 Å². The van der Waals surface area contributed by atoms with E-state index in [0.717, 1.165) is 23.5 Å². The molecule has 0 radical (unpaired) electrons. The number of aromatic nitrogens is 2. The molecular weight excluding hydrogens is 172 g/mol. The molecule has 0 aliphatic heterocycles. The van der Waals surface area contributed by atoms with Gasteiger partial charge in [0.25, 0.3) is 0 Å². The number of hydrogen-bond acceptors (Lipinski definition) is 2. The zero-order valence-electron chi connectivity index (χ0n) is 9.51. The van der Waals surface area contributed by atoms with Gasteiger partial charge in [-0.25, -0.2) is 0 Å². The van der Waals surface area contributed by atoms with Crippen LogP contribution >= 0.6 is 0 Å². The molecule has 1 aromatic heterocycles. The molecule has 78 valence electrons. The highest BCUT2D eigenvalue weighted by Crippen LogP contribution is 2.07. The maximum absolute atomic E-state index is 4.51. The Morgan fingerprint density at radius 3 is 2.50 bits per heavy atom. The minimum absolute atomic E-state index is 1.04. The van der Waals surface area contributed by atoms with Gasteiger partial charge in [0.2, 0.25) is 0 Å². The molecule has 0 amide bonds. The minimum atomic E-state index is 1.04. The molecule has 0 unspecified atom stereocenters. The van der Waals surface area contributed by atoms with Gasteiger partial charge in [-0.3, -0.25) is 9.97 Å². The SMILES string of the molecule is CCCCCCc1cnc(C)c(C)n1. The summed E-state index contributed by atoms with van der Waals surface area (Å²) in [6, 6.07) is 0. The molecule has 0 atom stereocenters. The van der Waals surface area contributed by atoms with Crippen molar-refractivity contribution in [3.8, 4) is 0 Å². The molecule has 1 heterocycles. The van der Waals surface area contributed by atoms with Crippen molar-refractivity contribution in [1.82, 2.24) is 9.97 Å². The Hall–Kier alpha value is -0.920. The highest BCUT2D eigenvalue weighted by molar-refractivity contribution is 5.10. The van der Waals surface area contributed by atoms with Crippen LogP contribution in [0.5, 0.6) is 0 Å². The Labute approximate surface area is 86.8 Å². The van der Waals surface area contributed by atoms with Crippen molar-refractivity contribution >= 4 is 0 Å². The first kappa shape index (κ1) is 11.2. The highest BCUT2D eigenvalue weighted by Gasteiger charge is 1.99. The minimum Gasteiger partial charge on any atom is -0.258 e. The Morgan fingerprint density at radius 1 is 1.07 bits per heavy atom. The van der Waals surface area contributed by atoms with Crippen LogP contribution in [0.3, 0.4) is 0 Å². The van der Waals surface area contributed by atoms with Crippen molar-refractivity contribution in [2.24, 2.45) is 0 Å². The number of unbranched alkanes of at least 4 members (excludes halogenated alkanes) is 3. The van der Waals surface area contributed by atoms with Gasteiger partial charge < -0.3 is 0 Å². The summed E-state index contributed by atoms with van der Waals surface area (Å²) in [6.45, 7) is 6.26. The second-order valence-electron chi connectivity index (χ2n) is 3.84. The van der Waals surface area contributed by atoms with Gasteiger partial charge in [0.1, 0.15) is 0 Å². The van der Waals surface area contributed by atoms with Crippen molar-refractivity contribution in [3.63, 3.8) is 0 Å². The normalized spacial score (nSPS) is 10.5. The standard InChI is InChI=1S/C12H20N2/c1-4-5-6-7-8-12-9-13-10(2)11(3)14-12/h9H,4-8H2,1-3H3. The van der Waals surface area contributed by atoms with Gasteiger partial charge in [0, 0.05) is 6.20 Å². The fraction of sp³-hybridized carbons (Fsp3) is 0.667. The predicted molar refractivity (Wildman–Crippen MR) is 59.4 cm³/mol. The molecule has 0 N–H and O–H groups in total. The van der Waals surface area contributed by atoms with Crippen LogP contribution in [-0.2, 0) is 6.42 Å². The first-order valence-electron chi connectivity index (χ1n) is 5.53. The number of rotatable bonds is 5. The Bertz CT molecular complexity index is 282. The lowest BCUT2D eigenvalue weighted by Gasteiger charge is -2.03. The molecule has 0 bridgehead atoms. The van der Waals surface area contributed by atoms with Crippen LogP contribution in [0.2, 0.25) is 0 Å². The summed E-state index contributed by atoms with van der Waals surface area (Å²) < 4.78 is 0. The lowest BCUT2D eigenvalue weighted by atomic mass is 10.1. The molecule has 0 aliphatic carbocycles. The second-order valence-corrected chi connectivity index (χ2v) is 3.84. The molecular formula is C12H20N2. The molecule has 0 aromatic carbocycles. The van der Waals surface area contributed by atoms with E-state index in [-0.39, 0.29) is 0 Å². The van der Waals surface area contributed by atoms with E-state index < -0.39 is 0 Å². The van der Waals surface area contributed by atoms with Crippen LogP contribution in [0.15, 0.2) is 6.20 Å². The average Bonchev–Trinajstić information content (AvgIpc) is 2.18. The maximum Gasteiger partial charge on any atom is 0.0590 e. The summed E-state index contributed by atoms with van der Waals surface area (Å²) in [6.07, 6.45) is 8.16. The number of aryl methyl sites for hydroxylation is 3. The average molecular weight is 192 g/mol. The lowest BCUT2D eigenvalue weighted by molar-refractivity contribution is 0.658. The van der Waals surface area contributed by atoms with Gasteiger partial charge in [-0.2, -0.15) is 0 Å². The van der Waals surface area contributed by atoms with Crippen molar-refractivity contribution in [1.29, 1.82) is 0 Å². The van der Waals surface area contributed by atoms with Gasteiger partial charge in [-0.05, 0) is 26.7 Å².